The normalized spacial score (nSPS) is 34.0. The zero-order valence-corrected chi connectivity index (χ0v) is 19.3. The topological polar surface area (TPSA) is 77.8 Å². The Kier molecular flexibility index (Phi) is 5.96. The van der Waals surface area contributed by atoms with Gasteiger partial charge in [0.05, 0.1) is 0 Å². The zero-order chi connectivity index (χ0) is 22.5. The highest BCUT2D eigenvalue weighted by atomic mass is 16.4. The van der Waals surface area contributed by atoms with Crippen molar-refractivity contribution in [2.45, 2.75) is 77.0 Å². The molecule has 1 aromatic carbocycles. The van der Waals surface area contributed by atoms with Gasteiger partial charge in [-0.3, -0.25) is 9.59 Å². The second kappa shape index (κ2) is 8.60. The van der Waals surface area contributed by atoms with E-state index < -0.39 is 7.12 Å². The number of carbonyl (C=O) groups excluding carboxylic acids is 2. The van der Waals surface area contributed by atoms with Crippen LogP contribution in [0.5, 0.6) is 0 Å². The number of carbonyl (C=O) groups is 2. The van der Waals surface area contributed by atoms with Crippen LogP contribution < -0.4 is 5.46 Å². The first-order valence-corrected chi connectivity index (χ1v) is 12.7. The molecule has 1 heterocycles. The molecule has 1 saturated heterocycles. The Hall–Kier alpha value is -1.66. The second-order valence-corrected chi connectivity index (χ2v) is 11.0. The summed E-state index contributed by atoms with van der Waals surface area (Å²) < 4.78 is 0. The average molecular weight is 437 g/mol. The molecular formula is C26H36BNO4. The third-order valence-electron chi connectivity index (χ3n) is 9.33. The second-order valence-electron chi connectivity index (χ2n) is 11.0. The van der Waals surface area contributed by atoms with E-state index in [1.807, 2.05) is 17.0 Å². The van der Waals surface area contributed by atoms with Gasteiger partial charge < -0.3 is 14.9 Å². The molecule has 1 amide bonds. The summed E-state index contributed by atoms with van der Waals surface area (Å²) in [6.07, 6.45) is 9.45. The summed E-state index contributed by atoms with van der Waals surface area (Å²) in [5, 5.41) is 19.1. The van der Waals surface area contributed by atoms with E-state index in [1.54, 1.807) is 0 Å². The van der Waals surface area contributed by atoms with Gasteiger partial charge in [0.2, 0.25) is 5.91 Å². The van der Waals surface area contributed by atoms with Crippen LogP contribution in [0.1, 0.15) is 81.8 Å². The number of hydrogen-bond acceptors (Lipinski definition) is 4. The summed E-state index contributed by atoms with van der Waals surface area (Å²) in [6, 6.07) is 5.89. The van der Waals surface area contributed by atoms with Crippen LogP contribution in [0.15, 0.2) is 18.2 Å². The number of ketones is 1. The predicted octanol–water partition coefficient (Wildman–Crippen LogP) is 2.81. The lowest BCUT2D eigenvalue weighted by molar-refractivity contribution is -0.132. The summed E-state index contributed by atoms with van der Waals surface area (Å²) in [4.78, 5) is 28.0. The van der Waals surface area contributed by atoms with Gasteiger partial charge in [-0.05, 0) is 91.6 Å². The van der Waals surface area contributed by atoms with Crippen LogP contribution >= 0.6 is 0 Å². The monoisotopic (exact) mass is 437 g/mol. The van der Waals surface area contributed by atoms with Crippen LogP contribution in [0, 0.1) is 23.2 Å². The third-order valence-corrected chi connectivity index (χ3v) is 9.33. The molecule has 0 radical (unpaired) electrons. The Morgan fingerprint density at radius 2 is 1.97 bits per heavy atom. The fraction of sp³-hybridized carbons (Fsp3) is 0.692. The fourth-order valence-corrected chi connectivity index (χ4v) is 7.70. The van der Waals surface area contributed by atoms with E-state index in [4.69, 9.17) is 0 Å². The number of amides is 1. The molecule has 2 N–H and O–H groups in total. The Morgan fingerprint density at radius 3 is 2.72 bits per heavy atom. The molecule has 2 saturated carbocycles. The van der Waals surface area contributed by atoms with Gasteiger partial charge in [-0.1, -0.05) is 25.1 Å². The van der Waals surface area contributed by atoms with Gasteiger partial charge in [0, 0.05) is 31.3 Å². The van der Waals surface area contributed by atoms with Crippen molar-refractivity contribution in [1.82, 2.24) is 4.90 Å². The van der Waals surface area contributed by atoms with E-state index in [0.717, 1.165) is 58.0 Å². The maximum absolute atomic E-state index is 13.2. The molecule has 32 heavy (non-hydrogen) atoms. The molecule has 0 spiro atoms. The minimum Gasteiger partial charge on any atom is -0.423 e. The molecule has 172 valence electrons. The fourth-order valence-electron chi connectivity index (χ4n) is 7.70. The first-order chi connectivity index (χ1) is 15.4. The standard InChI is InChI=1S/C26H36BNO4/c1-26-12-11-21-20-9-7-19(27(31)32)15-17(20)5-8-22(21)25(26)18(16-23(26)29)6-10-24(30)28-13-3-2-4-14-28/h7,9,15,18,21-22,25,31-32H,2-6,8,10-14,16H2,1H3/t18-,21?,22?,25?,26-/m1/s1. The average Bonchev–Trinajstić information content (AvgIpc) is 3.07. The zero-order valence-electron chi connectivity index (χ0n) is 19.3. The number of fused-ring (bicyclic) bond motifs is 5. The number of aryl methyl sites for hydroxylation is 1. The highest BCUT2D eigenvalue weighted by Gasteiger charge is 2.58. The van der Waals surface area contributed by atoms with Crippen molar-refractivity contribution in [3.05, 3.63) is 29.3 Å². The molecule has 3 unspecified atom stereocenters. The quantitative estimate of drug-likeness (QED) is 0.711. The summed E-state index contributed by atoms with van der Waals surface area (Å²) in [5.74, 6) is 2.29. The van der Waals surface area contributed by atoms with Crippen LogP contribution in [-0.2, 0) is 16.0 Å². The van der Waals surface area contributed by atoms with Crippen molar-refractivity contribution >= 4 is 24.3 Å². The number of Topliss-reactive ketones (excluding diaryl/α,β-unsaturated/α-hetero) is 1. The molecule has 0 aromatic heterocycles. The number of hydrogen-bond donors (Lipinski definition) is 2. The molecular weight excluding hydrogens is 401 g/mol. The van der Waals surface area contributed by atoms with Crippen molar-refractivity contribution in [3.8, 4) is 0 Å². The minimum absolute atomic E-state index is 0.237. The maximum atomic E-state index is 13.2. The van der Waals surface area contributed by atoms with Gasteiger partial charge in [-0.2, -0.15) is 0 Å². The lowest BCUT2D eigenvalue weighted by Crippen LogP contribution is -2.44. The van der Waals surface area contributed by atoms with Gasteiger partial charge >= 0.3 is 7.12 Å². The lowest BCUT2D eigenvalue weighted by atomic mass is 9.53. The van der Waals surface area contributed by atoms with Gasteiger partial charge in [-0.15, -0.1) is 0 Å². The van der Waals surface area contributed by atoms with Gasteiger partial charge in [0.15, 0.2) is 0 Å². The summed E-state index contributed by atoms with van der Waals surface area (Å²) in [6.45, 7) is 3.99. The molecule has 4 aliphatic rings. The maximum Gasteiger partial charge on any atom is 0.488 e. The summed E-state index contributed by atoms with van der Waals surface area (Å²) >= 11 is 0. The Balaban J connectivity index is 1.35. The van der Waals surface area contributed by atoms with Gasteiger partial charge in [0.25, 0.3) is 0 Å². The molecule has 1 aliphatic heterocycles. The van der Waals surface area contributed by atoms with Crippen molar-refractivity contribution < 1.29 is 19.6 Å². The molecule has 5 rings (SSSR count). The van der Waals surface area contributed by atoms with Crippen LogP contribution in [-0.4, -0.2) is 46.8 Å². The first kappa shape index (κ1) is 22.2. The van der Waals surface area contributed by atoms with E-state index in [9.17, 15) is 19.6 Å². The molecule has 1 aromatic rings. The van der Waals surface area contributed by atoms with Gasteiger partial charge in [0.1, 0.15) is 5.78 Å². The summed E-state index contributed by atoms with van der Waals surface area (Å²) in [5.41, 5.74) is 2.91. The van der Waals surface area contributed by atoms with Crippen molar-refractivity contribution in [1.29, 1.82) is 0 Å². The Labute approximate surface area is 191 Å². The Bertz CT molecular complexity index is 896. The number of benzene rings is 1. The van der Waals surface area contributed by atoms with Crippen LogP contribution in [0.4, 0.5) is 0 Å². The number of nitrogens with zero attached hydrogens (tertiary/aromatic N) is 1. The van der Waals surface area contributed by atoms with E-state index in [0.29, 0.717) is 47.8 Å². The number of rotatable bonds is 4. The molecule has 5 atom stereocenters. The lowest BCUT2D eigenvalue weighted by Gasteiger charge is -2.50. The molecule has 5 nitrogen and oxygen atoms in total. The van der Waals surface area contributed by atoms with Crippen LogP contribution in [0.3, 0.4) is 0 Å². The number of piperidine rings is 1. The smallest absolute Gasteiger partial charge is 0.423 e. The van der Waals surface area contributed by atoms with Crippen molar-refractivity contribution in [2.75, 3.05) is 13.1 Å². The molecule has 3 aliphatic carbocycles. The van der Waals surface area contributed by atoms with Crippen molar-refractivity contribution in [3.63, 3.8) is 0 Å². The van der Waals surface area contributed by atoms with Crippen LogP contribution in [0.2, 0.25) is 0 Å². The minimum atomic E-state index is -1.43. The SMILES string of the molecule is C[C@]12CCC3c4ccc(B(O)O)cc4CCC3C1[C@H](CCC(=O)N1CCCCC1)CC2=O. The van der Waals surface area contributed by atoms with Gasteiger partial charge in [-0.25, -0.2) is 0 Å². The molecule has 6 heteroatoms. The van der Waals surface area contributed by atoms with E-state index in [-0.39, 0.29) is 11.3 Å². The van der Waals surface area contributed by atoms with E-state index >= 15 is 0 Å². The van der Waals surface area contributed by atoms with E-state index in [1.165, 1.54) is 17.5 Å². The molecule has 0 bridgehead atoms. The Morgan fingerprint density at radius 1 is 1.19 bits per heavy atom. The number of likely N-dealkylation sites (tertiary alicyclic amines) is 1. The highest BCUT2D eigenvalue weighted by molar-refractivity contribution is 6.58. The van der Waals surface area contributed by atoms with Crippen molar-refractivity contribution in [2.24, 2.45) is 23.2 Å². The largest absolute Gasteiger partial charge is 0.488 e. The van der Waals surface area contributed by atoms with Crippen LogP contribution in [0.25, 0.3) is 0 Å². The summed E-state index contributed by atoms with van der Waals surface area (Å²) in [7, 11) is -1.43. The first-order valence-electron chi connectivity index (χ1n) is 12.7. The predicted molar refractivity (Wildman–Crippen MR) is 124 cm³/mol. The molecule has 3 fully saturated rings. The third kappa shape index (κ3) is 3.73. The highest BCUT2D eigenvalue weighted by Crippen LogP contribution is 2.62. The van der Waals surface area contributed by atoms with E-state index in [2.05, 4.69) is 13.0 Å².